The number of hydrogen-bond acceptors (Lipinski definition) is 5. The van der Waals surface area contributed by atoms with Crippen molar-refractivity contribution in [1.82, 2.24) is 4.31 Å². The lowest BCUT2D eigenvalue weighted by Gasteiger charge is -2.22. The monoisotopic (exact) mass is 370 g/mol. The Morgan fingerprint density at radius 3 is 2.48 bits per heavy atom. The van der Waals surface area contributed by atoms with Crippen molar-refractivity contribution in [3.8, 4) is 5.75 Å². The first-order valence-corrected chi connectivity index (χ1v) is 9.94. The molecule has 1 amide bonds. The molecule has 1 aromatic carbocycles. The lowest BCUT2D eigenvalue weighted by Crippen LogP contribution is -2.31. The second kappa shape index (κ2) is 8.64. The van der Waals surface area contributed by atoms with Crippen LogP contribution >= 0.6 is 0 Å². The second-order valence-electron chi connectivity index (χ2n) is 5.83. The molecule has 2 rings (SSSR count). The summed E-state index contributed by atoms with van der Waals surface area (Å²) in [4.78, 5) is 12.6. The Balaban J connectivity index is 2.29. The fraction of sp³-hybridized carbons (Fsp3) is 0.588. The van der Waals surface area contributed by atoms with E-state index in [2.05, 4.69) is 5.32 Å². The summed E-state index contributed by atoms with van der Waals surface area (Å²) >= 11 is 0. The highest BCUT2D eigenvalue weighted by molar-refractivity contribution is 7.89. The van der Waals surface area contributed by atoms with E-state index < -0.39 is 10.0 Å². The standard InChI is InChI=1S/C17H26N2O5S/c1-4-19(5-2)25(21,22)14-6-7-16(23-3)15(12-14)18-17(20)13-8-10-24-11-9-13/h6-7,12-13H,4-5,8-11H2,1-3H3,(H,18,20). The van der Waals surface area contributed by atoms with Gasteiger partial charge in [-0.2, -0.15) is 4.31 Å². The van der Waals surface area contributed by atoms with Crippen molar-refractivity contribution < 1.29 is 22.7 Å². The third-order valence-corrected chi connectivity index (χ3v) is 6.41. The number of carbonyl (C=O) groups is 1. The summed E-state index contributed by atoms with van der Waals surface area (Å²) in [5.74, 6) is 0.152. The molecule has 0 aliphatic carbocycles. The van der Waals surface area contributed by atoms with Crippen LogP contribution in [0, 0.1) is 5.92 Å². The van der Waals surface area contributed by atoms with Crippen molar-refractivity contribution in [2.24, 2.45) is 5.92 Å². The Morgan fingerprint density at radius 1 is 1.28 bits per heavy atom. The third-order valence-electron chi connectivity index (χ3n) is 4.36. The minimum absolute atomic E-state index is 0.137. The normalized spacial score (nSPS) is 16.0. The van der Waals surface area contributed by atoms with Crippen molar-refractivity contribution >= 4 is 21.6 Å². The van der Waals surface area contributed by atoms with Crippen LogP contribution in [0.3, 0.4) is 0 Å². The maximum atomic E-state index is 12.7. The molecule has 1 aliphatic rings. The summed E-state index contributed by atoms with van der Waals surface area (Å²) in [7, 11) is -2.12. The lowest BCUT2D eigenvalue weighted by atomic mass is 9.99. The number of hydrogen-bond donors (Lipinski definition) is 1. The third kappa shape index (κ3) is 4.50. The van der Waals surface area contributed by atoms with Gasteiger partial charge in [0, 0.05) is 32.2 Å². The SMILES string of the molecule is CCN(CC)S(=O)(=O)c1ccc(OC)c(NC(=O)C2CCOCC2)c1. The molecule has 0 bridgehead atoms. The number of carbonyl (C=O) groups excluding carboxylic acids is 1. The lowest BCUT2D eigenvalue weighted by molar-refractivity contribution is -0.122. The highest BCUT2D eigenvalue weighted by atomic mass is 32.2. The number of methoxy groups -OCH3 is 1. The summed E-state index contributed by atoms with van der Waals surface area (Å²) in [5, 5.41) is 2.82. The van der Waals surface area contributed by atoms with E-state index in [0.717, 1.165) is 0 Å². The van der Waals surface area contributed by atoms with Crippen LogP contribution in [0.2, 0.25) is 0 Å². The highest BCUT2D eigenvalue weighted by Gasteiger charge is 2.25. The summed E-state index contributed by atoms with van der Waals surface area (Å²) in [6, 6.07) is 4.52. The van der Waals surface area contributed by atoms with E-state index in [1.165, 1.54) is 23.5 Å². The molecule has 1 N–H and O–H groups in total. The van der Waals surface area contributed by atoms with Crippen LogP contribution in [0.5, 0.6) is 5.75 Å². The molecule has 0 radical (unpaired) electrons. The first kappa shape index (κ1) is 19.7. The van der Waals surface area contributed by atoms with Crippen LogP contribution in [0.1, 0.15) is 26.7 Å². The zero-order valence-corrected chi connectivity index (χ0v) is 15.8. The first-order chi connectivity index (χ1) is 11.9. The number of ether oxygens (including phenoxy) is 2. The molecular formula is C17H26N2O5S. The molecule has 25 heavy (non-hydrogen) atoms. The Morgan fingerprint density at radius 2 is 1.92 bits per heavy atom. The average Bonchev–Trinajstić information content (AvgIpc) is 2.63. The Kier molecular flexibility index (Phi) is 6.80. The predicted molar refractivity (Wildman–Crippen MR) is 95.3 cm³/mol. The number of benzene rings is 1. The van der Waals surface area contributed by atoms with Gasteiger partial charge in [-0.15, -0.1) is 0 Å². The molecule has 1 aliphatic heterocycles. The van der Waals surface area contributed by atoms with Gasteiger partial charge in [0.05, 0.1) is 17.7 Å². The predicted octanol–water partition coefficient (Wildman–Crippen LogP) is 2.09. The maximum absolute atomic E-state index is 12.7. The molecule has 0 saturated carbocycles. The van der Waals surface area contributed by atoms with Crippen LogP contribution in [-0.4, -0.2) is 52.0 Å². The first-order valence-electron chi connectivity index (χ1n) is 8.50. The van der Waals surface area contributed by atoms with Gasteiger partial charge in [0.15, 0.2) is 0 Å². The molecule has 1 aromatic rings. The number of anilines is 1. The fourth-order valence-electron chi connectivity index (χ4n) is 2.85. The number of amides is 1. The second-order valence-corrected chi connectivity index (χ2v) is 7.77. The summed E-state index contributed by atoms with van der Waals surface area (Å²) < 4.78 is 37.3. The van der Waals surface area contributed by atoms with Crippen LogP contribution in [0.15, 0.2) is 23.1 Å². The van der Waals surface area contributed by atoms with Crippen LogP contribution < -0.4 is 10.1 Å². The minimum Gasteiger partial charge on any atom is -0.495 e. The molecular weight excluding hydrogens is 344 g/mol. The van der Waals surface area contributed by atoms with Crippen LogP contribution in [0.4, 0.5) is 5.69 Å². The van der Waals surface area contributed by atoms with Crippen molar-refractivity contribution in [2.75, 3.05) is 38.7 Å². The van der Waals surface area contributed by atoms with E-state index >= 15 is 0 Å². The van der Waals surface area contributed by atoms with E-state index in [-0.39, 0.29) is 16.7 Å². The summed E-state index contributed by atoms with van der Waals surface area (Å²) in [6.07, 6.45) is 1.32. The smallest absolute Gasteiger partial charge is 0.243 e. The minimum atomic E-state index is -3.60. The van der Waals surface area contributed by atoms with Gasteiger partial charge in [0.25, 0.3) is 0 Å². The number of nitrogens with zero attached hydrogens (tertiary/aromatic N) is 1. The van der Waals surface area contributed by atoms with E-state index in [1.807, 2.05) is 0 Å². The highest BCUT2D eigenvalue weighted by Crippen LogP contribution is 2.30. The molecule has 7 nitrogen and oxygen atoms in total. The van der Waals surface area contributed by atoms with E-state index in [0.29, 0.717) is 50.6 Å². The zero-order chi connectivity index (χ0) is 18.4. The van der Waals surface area contributed by atoms with Gasteiger partial charge in [0.2, 0.25) is 15.9 Å². The van der Waals surface area contributed by atoms with Crippen LogP contribution in [0.25, 0.3) is 0 Å². The summed E-state index contributed by atoms with van der Waals surface area (Å²) in [6.45, 7) is 5.47. The van der Waals surface area contributed by atoms with Gasteiger partial charge in [-0.3, -0.25) is 4.79 Å². The maximum Gasteiger partial charge on any atom is 0.243 e. The summed E-state index contributed by atoms with van der Waals surface area (Å²) in [5.41, 5.74) is 0.368. The van der Waals surface area contributed by atoms with Crippen molar-refractivity contribution in [1.29, 1.82) is 0 Å². The van der Waals surface area contributed by atoms with Gasteiger partial charge >= 0.3 is 0 Å². The Bertz CT molecular complexity index is 695. The van der Waals surface area contributed by atoms with Gasteiger partial charge < -0.3 is 14.8 Å². The fourth-order valence-corrected chi connectivity index (χ4v) is 4.34. The van der Waals surface area contributed by atoms with Gasteiger partial charge in [-0.05, 0) is 31.0 Å². The molecule has 8 heteroatoms. The number of sulfonamides is 1. The molecule has 0 aromatic heterocycles. The molecule has 0 unspecified atom stereocenters. The molecule has 1 saturated heterocycles. The van der Waals surface area contributed by atoms with Crippen LogP contribution in [-0.2, 0) is 19.6 Å². The van der Waals surface area contributed by atoms with Gasteiger partial charge in [-0.1, -0.05) is 13.8 Å². The molecule has 1 fully saturated rings. The van der Waals surface area contributed by atoms with Gasteiger partial charge in [-0.25, -0.2) is 8.42 Å². The van der Waals surface area contributed by atoms with Gasteiger partial charge in [0.1, 0.15) is 5.75 Å². The van der Waals surface area contributed by atoms with Crippen molar-refractivity contribution in [2.45, 2.75) is 31.6 Å². The van der Waals surface area contributed by atoms with E-state index in [9.17, 15) is 13.2 Å². The largest absolute Gasteiger partial charge is 0.495 e. The number of rotatable bonds is 7. The van der Waals surface area contributed by atoms with Crippen molar-refractivity contribution in [3.63, 3.8) is 0 Å². The topological polar surface area (TPSA) is 84.9 Å². The number of nitrogens with one attached hydrogen (secondary N) is 1. The van der Waals surface area contributed by atoms with E-state index in [1.54, 1.807) is 19.9 Å². The Labute approximate surface area is 149 Å². The van der Waals surface area contributed by atoms with E-state index in [4.69, 9.17) is 9.47 Å². The molecule has 0 spiro atoms. The zero-order valence-electron chi connectivity index (χ0n) is 14.9. The quantitative estimate of drug-likeness (QED) is 0.794. The average molecular weight is 370 g/mol. The molecule has 0 atom stereocenters. The van der Waals surface area contributed by atoms with Crippen molar-refractivity contribution in [3.05, 3.63) is 18.2 Å². The molecule has 1 heterocycles. The molecule has 140 valence electrons. The Hall–Kier alpha value is -1.64.